The largest absolute Gasteiger partial charge is 0.399 e. The summed E-state index contributed by atoms with van der Waals surface area (Å²) >= 11 is 9.78. The van der Waals surface area contributed by atoms with E-state index in [0.717, 1.165) is 31.8 Å². The molecule has 3 aromatic rings. The lowest BCUT2D eigenvalue weighted by atomic mass is 10.2. The molecule has 0 bridgehead atoms. The van der Waals surface area contributed by atoms with Crippen LogP contribution in [0.4, 0.5) is 5.69 Å². The highest BCUT2D eigenvalue weighted by molar-refractivity contribution is 9.10. The van der Waals surface area contributed by atoms with Crippen molar-refractivity contribution in [1.82, 2.24) is 9.55 Å². The molecule has 2 N–H and O–H groups in total. The van der Waals surface area contributed by atoms with Crippen molar-refractivity contribution in [3.63, 3.8) is 0 Å². The lowest BCUT2D eigenvalue weighted by Crippen LogP contribution is -1.95. The number of fused-ring (bicyclic) bond motifs is 1. The summed E-state index contributed by atoms with van der Waals surface area (Å²) in [5.74, 6) is 0. The Morgan fingerprint density at radius 1 is 1.26 bits per heavy atom. The van der Waals surface area contributed by atoms with Gasteiger partial charge in [-0.05, 0) is 58.7 Å². The van der Waals surface area contributed by atoms with Gasteiger partial charge in [-0.2, -0.15) is 0 Å². The molecular formula is C14H11BrClN3. The maximum atomic E-state index is 6.20. The predicted molar refractivity (Wildman–Crippen MR) is 82.9 cm³/mol. The first-order valence-corrected chi connectivity index (χ1v) is 6.92. The first kappa shape index (κ1) is 12.5. The van der Waals surface area contributed by atoms with E-state index in [1.54, 1.807) is 6.33 Å². The van der Waals surface area contributed by atoms with Crippen LogP contribution in [0.3, 0.4) is 0 Å². The quantitative estimate of drug-likeness (QED) is 0.672. The lowest BCUT2D eigenvalue weighted by Gasteiger charge is -2.09. The first-order chi connectivity index (χ1) is 9.06. The van der Waals surface area contributed by atoms with Gasteiger partial charge in [0.2, 0.25) is 0 Å². The van der Waals surface area contributed by atoms with E-state index in [1.807, 2.05) is 41.8 Å². The summed E-state index contributed by atoms with van der Waals surface area (Å²) in [6.07, 6.45) is 1.77. The summed E-state index contributed by atoms with van der Waals surface area (Å²) in [6, 6.07) is 9.61. The molecule has 0 aliphatic carbocycles. The highest BCUT2D eigenvalue weighted by Crippen LogP contribution is 2.30. The second-order valence-electron chi connectivity index (χ2n) is 4.42. The lowest BCUT2D eigenvalue weighted by molar-refractivity contribution is 1.08. The van der Waals surface area contributed by atoms with Gasteiger partial charge in [0.1, 0.15) is 6.33 Å². The minimum atomic E-state index is 0.707. The molecule has 1 heterocycles. The van der Waals surface area contributed by atoms with E-state index in [-0.39, 0.29) is 0 Å². The smallest absolute Gasteiger partial charge is 0.100 e. The van der Waals surface area contributed by atoms with Gasteiger partial charge in [-0.1, -0.05) is 11.6 Å². The second-order valence-corrected chi connectivity index (χ2v) is 5.68. The summed E-state index contributed by atoms with van der Waals surface area (Å²) in [5, 5.41) is 0.732. The summed E-state index contributed by atoms with van der Waals surface area (Å²) in [5.41, 5.74) is 10.3. The Labute approximate surface area is 124 Å². The predicted octanol–water partition coefficient (Wildman–Crippen LogP) is 4.33. The SMILES string of the molecule is Cc1cc(Br)c(-n2cnc3cc(N)ccc32)cc1Cl. The van der Waals surface area contributed by atoms with Gasteiger partial charge in [0.25, 0.3) is 0 Å². The van der Waals surface area contributed by atoms with Gasteiger partial charge in [0.05, 0.1) is 16.7 Å². The van der Waals surface area contributed by atoms with Crippen molar-refractivity contribution in [3.8, 4) is 5.69 Å². The summed E-state index contributed by atoms with van der Waals surface area (Å²) in [7, 11) is 0. The first-order valence-electron chi connectivity index (χ1n) is 5.75. The number of nitrogen functional groups attached to an aromatic ring is 1. The third-order valence-corrected chi connectivity index (χ3v) is 4.10. The zero-order valence-corrected chi connectivity index (χ0v) is 12.5. The van der Waals surface area contributed by atoms with E-state index in [1.165, 1.54) is 0 Å². The van der Waals surface area contributed by atoms with Crippen LogP contribution in [-0.4, -0.2) is 9.55 Å². The van der Waals surface area contributed by atoms with Crippen LogP contribution in [0.15, 0.2) is 41.1 Å². The molecule has 0 radical (unpaired) electrons. The molecule has 0 amide bonds. The van der Waals surface area contributed by atoms with E-state index >= 15 is 0 Å². The minimum Gasteiger partial charge on any atom is -0.399 e. The van der Waals surface area contributed by atoms with Crippen LogP contribution in [-0.2, 0) is 0 Å². The maximum absolute atomic E-state index is 6.20. The number of hydrogen-bond acceptors (Lipinski definition) is 2. The second kappa shape index (κ2) is 4.54. The van der Waals surface area contributed by atoms with Crippen LogP contribution in [0.25, 0.3) is 16.7 Å². The van der Waals surface area contributed by atoms with Gasteiger partial charge in [0, 0.05) is 15.2 Å². The number of rotatable bonds is 1. The molecule has 0 unspecified atom stereocenters. The Bertz CT molecular complexity index is 780. The van der Waals surface area contributed by atoms with Gasteiger partial charge < -0.3 is 5.73 Å². The van der Waals surface area contributed by atoms with Gasteiger partial charge >= 0.3 is 0 Å². The molecule has 0 aliphatic heterocycles. The number of halogens is 2. The molecule has 0 fully saturated rings. The molecule has 0 aliphatic rings. The Morgan fingerprint density at radius 2 is 2.05 bits per heavy atom. The number of benzene rings is 2. The number of nitrogens with zero attached hydrogens (tertiary/aromatic N) is 2. The van der Waals surface area contributed by atoms with Crippen LogP contribution in [0, 0.1) is 6.92 Å². The minimum absolute atomic E-state index is 0.707. The van der Waals surface area contributed by atoms with E-state index in [9.17, 15) is 0 Å². The van der Waals surface area contributed by atoms with Crippen molar-refractivity contribution in [2.45, 2.75) is 6.92 Å². The molecule has 0 spiro atoms. The zero-order chi connectivity index (χ0) is 13.6. The molecule has 1 aromatic heterocycles. The van der Waals surface area contributed by atoms with Crippen LogP contribution in [0.1, 0.15) is 5.56 Å². The van der Waals surface area contributed by atoms with Crippen molar-refractivity contribution in [1.29, 1.82) is 0 Å². The van der Waals surface area contributed by atoms with Gasteiger partial charge in [-0.25, -0.2) is 4.98 Å². The standard InChI is InChI=1S/C14H11BrClN3/c1-8-4-10(15)14(6-11(8)16)19-7-18-12-5-9(17)2-3-13(12)19/h2-7H,17H2,1H3. The number of imidazole rings is 1. The molecule has 96 valence electrons. The summed E-state index contributed by atoms with van der Waals surface area (Å²) in [4.78, 5) is 4.37. The van der Waals surface area contributed by atoms with E-state index < -0.39 is 0 Å². The average Bonchev–Trinajstić information content (AvgIpc) is 2.76. The Hall–Kier alpha value is -1.52. The van der Waals surface area contributed by atoms with Crippen molar-refractivity contribution >= 4 is 44.3 Å². The van der Waals surface area contributed by atoms with Crippen molar-refractivity contribution in [2.75, 3.05) is 5.73 Å². The van der Waals surface area contributed by atoms with E-state index in [2.05, 4.69) is 20.9 Å². The third kappa shape index (κ3) is 2.11. The monoisotopic (exact) mass is 335 g/mol. The number of anilines is 1. The van der Waals surface area contributed by atoms with Crippen LogP contribution in [0.5, 0.6) is 0 Å². The molecular weight excluding hydrogens is 326 g/mol. The Kier molecular flexibility index (Phi) is 2.99. The number of aryl methyl sites for hydroxylation is 1. The molecule has 0 saturated carbocycles. The summed E-state index contributed by atoms with van der Waals surface area (Å²) < 4.78 is 2.97. The highest BCUT2D eigenvalue weighted by Gasteiger charge is 2.10. The maximum Gasteiger partial charge on any atom is 0.100 e. The fourth-order valence-electron chi connectivity index (χ4n) is 2.04. The summed E-state index contributed by atoms with van der Waals surface area (Å²) in [6.45, 7) is 1.98. The van der Waals surface area contributed by atoms with Gasteiger partial charge in [-0.15, -0.1) is 0 Å². The Morgan fingerprint density at radius 3 is 2.84 bits per heavy atom. The molecule has 3 nitrogen and oxygen atoms in total. The third-order valence-electron chi connectivity index (χ3n) is 3.06. The molecule has 3 rings (SSSR count). The van der Waals surface area contributed by atoms with Crippen LogP contribution < -0.4 is 5.73 Å². The fraction of sp³-hybridized carbons (Fsp3) is 0.0714. The average molecular weight is 337 g/mol. The topological polar surface area (TPSA) is 43.8 Å². The molecule has 2 aromatic carbocycles. The van der Waals surface area contributed by atoms with E-state index in [4.69, 9.17) is 17.3 Å². The molecule has 19 heavy (non-hydrogen) atoms. The molecule has 0 atom stereocenters. The van der Waals surface area contributed by atoms with Crippen LogP contribution >= 0.6 is 27.5 Å². The zero-order valence-electron chi connectivity index (χ0n) is 10.2. The van der Waals surface area contributed by atoms with E-state index in [0.29, 0.717) is 5.69 Å². The van der Waals surface area contributed by atoms with Crippen molar-refractivity contribution < 1.29 is 0 Å². The fourth-order valence-corrected chi connectivity index (χ4v) is 2.85. The highest BCUT2D eigenvalue weighted by atomic mass is 79.9. The van der Waals surface area contributed by atoms with Gasteiger partial charge in [0.15, 0.2) is 0 Å². The molecule has 5 heteroatoms. The van der Waals surface area contributed by atoms with Crippen molar-refractivity contribution in [2.24, 2.45) is 0 Å². The normalized spacial score (nSPS) is 11.1. The van der Waals surface area contributed by atoms with Gasteiger partial charge in [-0.3, -0.25) is 4.57 Å². The number of aromatic nitrogens is 2. The molecule has 0 saturated heterocycles. The number of nitrogens with two attached hydrogens (primary N) is 1. The Balaban J connectivity index is 2.28. The number of hydrogen-bond donors (Lipinski definition) is 1. The van der Waals surface area contributed by atoms with Crippen LogP contribution in [0.2, 0.25) is 5.02 Å². The van der Waals surface area contributed by atoms with Crippen molar-refractivity contribution in [3.05, 3.63) is 51.7 Å².